The van der Waals surface area contributed by atoms with Crippen molar-refractivity contribution in [2.75, 3.05) is 38.7 Å². The molecule has 4 heterocycles. The zero-order valence-electron chi connectivity index (χ0n) is 19.3. The quantitative estimate of drug-likeness (QED) is 0.389. The molecule has 9 nitrogen and oxygen atoms in total. The highest BCUT2D eigenvalue weighted by atomic mass is 32.1. The van der Waals surface area contributed by atoms with E-state index in [0.717, 1.165) is 47.7 Å². The van der Waals surface area contributed by atoms with Gasteiger partial charge in [0.15, 0.2) is 5.82 Å². The van der Waals surface area contributed by atoms with Gasteiger partial charge in [-0.25, -0.2) is 19.6 Å². The second-order valence-corrected chi connectivity index (χ2v) is 9.23. The molecule has 0 N–H and O–H groups in total. The third kappa shape index (κ3) is 4.60. The molecular weight excluding hydrogens is 436 g/mol. The molecule has 0 aromatic carbocycles. The van der Waals surface area contributed by atoms with Gasteiger partial charge < -0.3 is 9.91 Å². The molecule has 0 spiro atoms. The fourth-order valence-corrected chi connectivity index (χ4v) is 4.97. The molecule has 0 aliphatic carbocycles. The van der Waals surface area contributed by atoms with Gasteiger partial charge in [0.2, 0.25) is 0 Å². The number of allylic oxidation sites excluding steroid dienone is 1. The Morgan fingerprint density at radius 3 is 2.88 bits per heavy atom. The average molecular weight is 465 g/mol. The van der Waals surface area contributed by atoms with Crippen LogP contribution in [-0.4, -0.2) is 75.5 Å². The fourth-order valence-electron chi connectivity index (χ4n) is 4.31. The molecule has 4 rings (SSSR count). The van der Waals surface area contributed by atoms with E-state index in [0.29, 0.717) is 11.5 Å². The Bertz CT molecular complexity index is 1210. The van der Waals surface area contributed by atoms with Gasteiger partial charge in [0.05, 0.1) is 46.8 Å². The Hall–Kier alpha value is -3.29. The second kappa shape index (κ2) is 9.68. The number of hydrogen-bond acceptors (Lipinski definition) is 9. The van der Waals surface area contributed by atoms with E-state index in [2.05, 4.69) is 45.8 Å². The van der Waals surface area contributed by atoms with Crippen molar-refractivity contribution in [3.05, 3.63) is 47.1 Å². The fraction of sp³-hybridized carbons (Fsp3) is 0.435. The lowest BCUT2D eigenvalue weighted by Gasteiger charge is -2.44. The van der Waals surface area contributed by atoms with E-state index in [-0.39, 0.29) is 18.5 Å². The molecule has 1 saturated heterocycles. The van der Waals surface area contributed by atoms with Crippen molar-refractivity contribution in [1.82, 2.24) is 29.4 Å². The summed E-state index contributed by atoms with van der Waals surface area (Å²) < 4.78 is 1.89. The number of rotatable bonds is 7. The number of aldehydes is 1. The Labute approximate surface area is 197 Å². The van der Waals surface area contributed by atoms with Gasteiger partial charge in [0, 0.05) is 51.9 Å². The van der Waals surface area contributed by atoms with Crippen LogP contribution in [0.1, 0.15) is 37.1 Å². The summed E-state index contributed by atoms with van der Waals surface area (Å²) in [5, 5.41) is 11.0. The molecule has 2 unspecified atom stereocenters. The summed E-state index contributed by atoms with van der Waals surface area (Å²) in [4.78, 5) is 31.0. The first-order valence-corrected chi connectivity index (χ1v) is 11.8. The van der Waals surface area contributed by atoms with E-state index in [4.69, 9.17) is 10.2 Å². The lowest BCUT2D eigenvalue weighted by atomic mass is 10.1. The Morgan fingerprint density at radius 1 is 1.36 bits per heavy atom. The molecule has 2 atom stereocenters. The van der Waals surface area contributed by atoms with E-state index >= 15 is 0 Å². The summed E-state index contributed by atoms with van der Waals surface area (Å²) in [7, 11) is 3.83. The molecule has 0 amide bonds. The first-order valence-electron chi connectivity index (χ1n) is 10.9. The van der Waals surface area contributed by atoms with Crippen LogP contribution in [0.2, 0.25) is 0 Å². The molecule has 1 aliphatic rings. The molecule has 1 aliphatic heterocycles. The van der Waals surface area contributed by atoms with Crippen LogP contribution in [0.3, 0.4) is 0 Å². The molecule has 0 radical (unpaired) electrons. The molecule has 10 heteroatoms. The smallest absolute Gasteiger partial charge is 0.175 e. The maximum absolute atomic E-state index is 11.6. The average Bonchev–Trinajstić information content (AvgIpc) is 3.44. The summed E-state index contributed by atoms with van der Waals surface area (Å²) in [6.07, 6.45) is 4.46. The van der Waals surface area contributed by atoms with Crippen LogP contribution in [0.4, 0.5) is 0 Å². The van der Waals surface area contributed by atoms with Crippen LogP contribution in [0.5, 0.6) is 0 Å². The SMILES string of the molecule is CC(c1ccc2ncsc2n1)N1CCN(/C(=C/C=O)c2nc(CC#N)cn2N(C)C)C(C)C1. The molecule has 0 bridgehead atoms. The van der Waals surface area contributed by atoms with Crippen LogP contribution in [0.25, 0.3) is 16.0 Å². The number of piperazine rings is 1. The number of aromatic nitrogens is 4. The van der Waals surface area contributed by atoms with Gasteiger partial charge in [0.25, 0.3) is 0 Å². The molecule has 1 fully saturated rings. The predicted octanol–water partition coefficient (Wildman–Crippen LogP) is 2.46. The van der Waals surface area contributed by atoms with Gasteiger partial charge >= 0.3 is 0 Å². The first kappa shape index (κ1) is 22.9. The van der Waals surface area contributed by atoms with Gasteiger partial charge in [-0.1, -0.05) is 0 Å². The number of hydrogen-bond donors (Lipinski definition) is 0. The highest BCUT2D eigenvalue weighted by Gasteiger charge is 2.31. The Balaban J connectivity index is 1.56. The van der Waals surface area contributed by atoms with E-state index < -0.39 is 0 Å². The number of pyridine rings is 1. The standard InChI is InChI=1S/C23H28N8OS/c1-16-13-29(17(2)19-5-6-20-23(27-19)33-15-25-20)10-11-30(16)21(8-12-32)22-26-18(7-9-24)14-31(22)28(3)4/h5-6,8,12,14-17H,7,10-11,13H2,1-4H3/b21-8+. The summed E-state index contributed by atoms with van der Waals surface area (Å²) in [5.74, 6) is 0.669. The molecular formula is C23H28N8OS. The summed E-state index contributed by atoms with van der Waals surface area (Å²) in [5.41, 5.74) is 5.26. The second-order valence-electron chi connectivity index (χ2n) is 8.40. The number of carbonyl (C=O) groups is 1. The van der Waals surface area contributed by atoms with Crippen molar-refractivity contribution in [3.8, 4) is 6.07 Å². The normalized spacial score (nSPS) is 18.3. The molecule has 3 aromatic heterocycles. The van der Waals surface area contributed by atoms with Crippen molar-refractivity contribution < 1.29 is 4.79 Å². The van der Waals surface area contributed by atoms with Crippen LogP contribution < -0.4 is 5.01 Å². The number of nitriles is 1. The third-order valence-electron chi connectivity index (χ3n) is 6.05. The van der Waals surface area contributed by atoms with Gasteiger partial charge in [0.1, 0.15) is 11.1 Å². The maximum Gasteiger partial charge on any atom is 0.175 e. The first-order chi connectivity index (χ1) is 15.9. The van der Waals surface area contributed by atoms with Crippen LogP contribution in [0, 0.1) is 11.3 Å². The van der Waals surface area contributed by atoms with E-state index in [1.54, 1.807) is 17.4 Å². The van der Waals surface area contributed by atoms with Crippen molar-refractivity contribution in [2.45, 2.75) is 32.4 Å². The number of imidazole rings is 1. The highest BCUT2D eigenvalue weighted by Crippen LogP contribution is 2.29. The minimum atomic E-state index is 0.159. The monoisotopic (exact) mass is 464 g/mol. The van der Waals surface area contributed by atoms with Crippen molar-refractivity contribution >= 4 is 33.7 Å². The molecule has 33 heavy (non-hydrogen) atoms. The van der Waals surface area contributed by atoms with Gasteiger partial charge in [-0.2, -0.15) is 5.26 Å². The predicted molar refractivity (Wildman–Crippen MR) is 129 cm³/mol. The lowest BCUT2D eigenvalue weighted by Crippen LogP contribution is -2.51. The summed E-state index contributed by atoms with van der Waals surface area (Å²) >= 11 is 1.56. The van der Waals surface area contributed by atoms with Crippen LogP contribution >= 0.6 is 11.3 Å². The number of carbonyl (C=O) groups excluding carboxylic acids is 1. The van der Waals surface area contributed by atoms with Crippen molar-refractivity contribution in [1.29, 1.82) is 5.26 Å². The zero-order chi connectivity index (χ0) is 23.5. The lowest BCUT2D eigenvalue weighted by molar-refractivity contribution is -0.104. The van der Waals surface area contributed by atoms with Gasteiger partial charge in [-0.15, -0.1) is 11.3 Å². The minimum Gasteiger partial charge on any atom is -0.363 e. The molecule has 3 aromatic rings. The zero-order valence-corrected chi connectivity index (χ0v) is 20.2. The summed E-state index contributed by atoms with van der Waals surface area (Å²) in [6, 6.07) is 6.58. The molecule has 172 valence electrons. The highest BCUT2D eigenvalue weighted by molar-refractivity contribution is 7.16. The molecule has 0 saturated carbocycles. The van der Waals surface area contributed by atoms with Gasteiger partial charge in [-0.3, -0.25) is 9.69 Å². The van der Waals surface area contributed by atoms with Crippen molar-refractivity contribution in [2.24, 2.45) is 0 Å². The van der Waals surface area contributed by atoms with Crippen molar-refractivity contribution in [3.63, 3.8) is 0 Å². The maximum atomic E-state index is 11.6. The van der Waals surface area contributed by atoms with E-state index in [1.807, 2.05) is 41.6 Å². The number of thiazole rings is 1. The number of nitrogens with zero attached hydrogens (tertiary/aromatic N) is 8. The van der Waals surface area contributed by atoms with Crippen LogP contribution in [0.15, 0.2) is 29.9 Å². The minimum absolute atomic E-state index is 0.159. The Morgan fingerprint density at radius 2 is 2.18 bits per heavy atom. The topological polar surface area (TPSA) is 94.2 Å². The largest absolute Gasteiger partial charge is 0.363 e. The number of fused-ring (bicyclic) bond motifs is 1. The van der Waals surface area contributed by atoms with Crippen LogP contribution in [-0.2, 0) is 11.2 Å². The summed E-state index contributed by atoms with van der Waals surface area (Å²) in [6.45, 7) is 6.76. The van der Waals surface area contributed by atoms with E-state index in [1.165, 1.54) is 0 Å². The van der Waals surface area contributed by atoms with Gasteiger partial charge in [-0.05, 0) is 26.0 Å². The third-order valence-corrected chi connectivity index (χ3v) is 6.78. The van der Waals surface area contributed by atoms with E-state index in [9.17, 15) is 4.79 Å². The Kier molecular flexibility index (Phi) is 6.72.